The summed E-state index contributed by atoms with van der Waals surface area (Å²) >= 11 is 0. The van der Waals surface area contributed by atoms with Crippen molar-refractivity contribution in [2.24, 2.45) is 11.7 Å². The smallest absolute Gasteiger partial charge is 0.416 e. The van der Waals surface area contributed by atoms with E-state index in [0.29, 0.717) is 25.2 Å². The van der Waals surface area contributed by atoms with Gasteiger partial charge < -0.3 is 21.1 Å². The van der Waals surface area contributed by atoms with Crippen molar-refractivity contribution in [1.82, 2.24) is 15.6 Å². The monoisotopic (exact) mass is 450 g/mol. The Hall–Kier alpha value is -3.14. The number of nitrogens with zero attached hydrogens (tertiary/aromatic N) is 1. The summed E-state index contributed by atoms with van der Waals surface area (Å²) in [5.74, 6) is -0.599. The Morgan fingerprint density at radius 3 is 2.72 bits per heavy atom. The minimum Gasteiger partial charge on any atom is -0.492 e. The zero-order valence-electron chi connectivity index (χ0n) is 17.3. The largest absolute Gasteiger partial charge is 0.492 e. The number of carbonyl (C=O) groups excluding carboxylic acids is 2. The van der Waals surface area contributed by atoms with E-state index in [1.165, 1.54) is 6.07 Å². The van der Waals surface area contributed by atoms with Crippen LogP contribution >= 0.6 is 0 Å². The molecule has 1 aliphatic rings. The van der Waals surface area contributed by atoms with Crippen LogP contribution in [0.3, 0.4) is 0 Å². The molecule has 10 heteroatoms. The maximum absolute atomic E-state index is 12.8. The van der Waals surface area contributed by atoms with E-state index in [1.54, 1.807) is 24.5 Å². The summed E-state index contributed by atoms with van der Waals surface area (Å²) in [6.45, 7) is -0.00521. The second-order valence-electron chi connectivity index (χ2n) is 7.77. The summed E-state index contributed by atoms with van der Waals surface area (Å²) in [4.78, 5) is 28.6. The molecule has 0 radical (unpaired) electrons. The molecule has 0 unspecified atom stereocenters. The van der Waals surface area contributed by atoms with Crippen LogP contribution in [0.4, 0.5) is 13.2 Å². The minimum absolute atomic E-state index is 0.00580. The van der Waals surface area contributed by atoms with Crippen LogP contribution in [0.1, 0.15) is 35.2 Å². The molecule has 172 valence electrons. The number of halogens is 3. The van der Waals surface area contributed by atoms with E-state index in [9.17, 15) is 22.8 Å². The van der Waals surface area contributed by atoms with Gasteiger partial charge in [-0.2, -0.15) is 13.2 Å². The Balaban J connectivity index is 1.52. The lowest BCUT2D eigenvalue weighted by Gasteiger charge is -2.35. The van der Waals surface area contributed by atoms with Crippen LogP contribution in [-0.2, 0) is 11.0 Å². The summed E-state index contributed by atoms with van der Waals surface area (Å²) in [5.41, 5.74) is 4.98. The lowest BCUT2D eigenvalue weighted by Crippen LogP contribution is -2.50. The molecule has 1 saturated carbocycles. The van der Waals surface area contributed by atoms with E-state index in [4.69, 9.17) is 10.5 Å². The standard InChI is InChI=1S/C22H25F3N4O3/c23-22(24,25)16-4-1-3-14(9-16)21(31)28-12-20(30)29-19-7-6-17(26)10-15(19)13-32-18-5-2-8-27-11-18/h1-5,8-9,11,15,17,19H,6-7,10,12-13,26H2,(H,28,31)(H,29,30)/t15-,17-,19+/m1/s1. The highest BCUT2D eigenvalue weighted by atomic mass is 19.4. The number of rotatable bonds is 7. The van der Waals surface area contributed by atoms with Gasteiger partial charge in [0.2, 0.25) is 5.91 Å². The molecule has 2 aromatic rings. The predicted octanol–water partition coefficient (Wildman–Crippen LogP) is 2.52. The van der Waals surface area contributed by atoms with Crippen molar-refractivity contribution in [3.8, 4) is 5.75 Å². The quantitative estimate of drug-likeness (QED) is 0.601. The van der Waals surface area contributed by atoms with Gasteiger partial charge in [-0.1, -0.05) is 6.07 Å². The summed E-state index contributed by atoms with van der Waals surface area (Å²) in [6, 6.07) is 7.40. The Morgan fingerprint density at radius 1 is 1.19 bits per heavy atom. The third-order valence-electron chi connectivity index (χ3n) is 5.33. The SMILES string of the molecule is N[C@@H]1CC[C@H](NC(=O)CNC(=O)c2cccc(C(F)(F)F)c2)[C@@H](COc2cccnc2)C1. The molecular weight excluding hydrogens is 425 g/mol. The highest BCUT2D eigenvalue weighted by Gasteiger charge is 2.32. The van der Waals surface area contributed by atoms with Crippen molar-refractivity contribution < 1.29 is 27.5 Å². The van der Waals surface area contributed by atoms with E-state index < -0.39 is 23.6 Å². The molecule has 3 atom stereocenters. The van der Waals surface area contributed by atoms with E-state index in [-0.39, 0.29) is 30.1 Å². The Labute approximate surface area is 183 Å². The molecule has 4 N–H and O–H groups in total. The highest BCUT2D eigenvalue weighted by molar-refractivity contribution is 5.96. The number of hydrogen-bond acceptors (Lipinski definition) is 5. The van der Waals surface area contributed by atoms with Crippen LogP contribution < -0.4 is 21.1 Å². The molecule has 1 aliphatic carbocycles. The molecule has 32 heavy (non-hydrogen) atoms. The van der Waals surface area contributed by atoms with Crippen LogP contribution in [0.25, 0.3) is 0 Å². The van der Waals surface area contributed by atoms with Crippen molar-refractivity contribution in [2.45, 2.75) is 37.5 Å². The number of ether oxygens (including phenoxy) is 1. The molecule has 0 aliphatic heterocycles. The molecule has 2 amide bonds. The molecule has 1 heterocycles. The van der Waals surface area contributed by atoms with Gasteiger partial charge in [0.05, 0.1) is 24.9 Å². The highest BCUT2D eigenvalue weighted by Crippen LogP contribution is 2.29. The summed E-state index contributed by atoms with van der Waals surface area (Å²) < 4.78 is 44.2. The third-order valence-corrected chi connectivity index (χ3v) is 5.33. The van der Waals surface area contributed by atoms with Crippen LogP contribution in [0, 0.1) is 5.92 Å². The molecule has 7 nitrogen and oxygen atoms in total. The zero-order chi connectivity index (χ0) is 23.1. The van der Waals surface area contributed by atoms with Crippen molar-refractivity contribution in [3.63, 3.8) is 0 Å². The first-order chi connectivity index (χ1) is 15.2. The van der Waals surface area contributed by atoms with Gasteiger partial charge in [-0.05, 0) is 49.6 Å². The molecular formula is C22H25F3N4O3. The summed E-state index contributed by atoms with van der Waals surface area (Å²) in [7, 11) is 0. The van der Waals surface area contributed by atoms with Gasteiger partial charge >= 0.3 is 6.18 Å². The van der Waals surface area contributed by atoms with Crippen molar-refractivity contribution in [2.75, 3.05) is 13.2 Å². The topological polar surface area (TPSA) is 106 Å². The second kappa shape index (κ2) is 10.4. The average molecular weight is 450 g/mol. The van der Waals surface area contributed by atoms with Gasteiger partial charge in [-0.15, -0.1) is 0 Å². The third kappa shape index (κ3) is 6.68. The maximum Gasteiger partial charge on any atom is 0.416 e. The molecule has 0 bridgehead atoms. The van der Waals surface area contributed by atoms with E-state index in [0.717, 1.165) is 24.6 Å². The number of amides is 2. The average Bonchev–Trinajstić information content (AvgIpc) is 2.78. The summed E-state index contributed by atoms with van der Waals surface area (Å²) in [6.07, 6.45) is 0.754. The second-order valence-corrected chi connectivity index (χ2v) is 7.77. The first-order valence-electron chi connectivity index (χ1n) is 10.3. The van der Waals surface area contributed by atoms with Gasteiger partial charge in [0.25, 0.3) is 5.91 Å². The number of hydrogen-bond donors (Lipinski definition) is 3. The van der Waals surface area contributed by atoms with E-state index >= 15 is 0 Å². The van der Waals surface area contributed by atoms with Gasteiger partial charge in [-0.25, -0.2) is 0 Å². The first kappa shape index (κ1) is 23.5. The number of carbonyl (C=O) groups is 2. The predicted molar refractivity (Wildman–Crippen MR) is 111 cm³/mol. The number of benzene rings is 1. The fourth-order valence-electron chi connectivity index (χ4n) is 3.67. The van der Waals surface area contributed by atoms with Crippen LogP contribution in [0.2, 0.25) is 0 Å². The van der Waals surface area contributed by atoms with Gasteiger partial charge in [0.15, 0.2) is 0 Å². The molecule has 0 saturated heterocycles. The van der Waals surface area contributed by atoms with E-state index in [2.05, 4.69) is 15.6 Å². The van der Waals surface area contributed by atoms with Crippen LogP contribution in [0.5, 0.6) is 5.75 Å². The van der Waals surface area contributed by atoms with Crippen molar-refractivity contribution in [3.05, 3.63) is 59.9 Å². The van der Waals surface area contributed by atoms with E-state index in [1.807, 2.05) is 0 Å². The number of pyridine rings is 1. The molecule has 1 fully saturated rings. The van der Waals surface area contributed by atoms with Gasteiger partial charge in [0.1, 0.15) is 5.75 Å². The normalized spacial score (nSPS) is 20.9. The fraction of sp³-hybridized carbons (Fsp3) is 0.409. The molecule has 1 aromatic heterocycles. The maximum atomic E-state index is 12.8. The Bertz CT molecular complexity index is 924. The minimum atomic E-state index is -4.55. The molecule has 1 aromatic carbocycles. The van der Waals surface area contributed by atoms with Crippen LogP contribution in [0.15, 0.2) is 48.8 Å². The lowest BCUT2D eigenvalue weighted by molar-refractivity contribution is -0.137. The fourth-order valence-corrected chi connectivity index (χ4v) is 3.67. The molecule has 3 rings (SSSR count). The molecule has 0 spiro atoms. The van der Waals surface area contributed by atoms with Crippen molar-refractivity contribution in [1.29, 1.82) is 0 Å². The lowest BCUT2D eigenvalue weighted by atomic mass is 9.82. The Kier molecular flexibility index (Phi) is 7.68. The Morgan fingerprint density at radius 2 is 2.00 bits per heavy atom. The van der Waals surface area contributed by atoms with Crippen molar-refractivity contribution >= 4 is 11.8 Å². The summed E-state index contributed by atoms with van der Waals surface area (Å²) in [5, 5.41) is 5.25. The van der Waals surface area contributed by atoms with Gasteiger partial charge in [0, 0.05) is 29.8 Å². The first-order valence-corrected chi connectivity index (χ1v) is 10.3. The van der Waals surface area contributed by atoms with Gasteiger partial charge in [-0.3, -0.25) is 14.6 Å². The zero-order valence-corrected chi connectivity index (χ0v) is 17.3. The number of alkyl halides is 3. The number of nitrogens with two attached hydrogens (primary N) is 1. The van der Waals surface area contributed by atoms with Crippen LogP contribution in [-0.4, -0.2) is 42.0 Å². The number of nitrogens with one attached hydrogen (secondary N) is 2. The number of aromatic nitrogens is 1.